The molecule has 0 bridgehead atoms. The van der Waals surface area contributed by atoms with Crippen molar-refractivity contribution in [2.45, 2.75) is 75.9 Å². The average molecular weight is 805 g/mol. The Balaban J connectivity index is 1.17. The van der Waals surface area contributed by atoms with Gasteiger partial charge in [0.05, 0.1) is 11.7 Å². The Morgan fingerprint density at radius 2 is 1.72 bits per heavy atom. The number of ether oxygens (including phenoxy) is 1. The SMILES string of the molecule is NC(=O)CCCCc1cccc(OC[C@H](CCC(N)=O)NC(=O)[C@@H]2Cc3cccc4c3N2C(=O)[C@@H](NC(=O)c2cc3cc(C(=O)P(=O)(O)O)ccc3[nH]2)CC4)c1F. The summed E-state index contributed by atoms with van der Waals surface area (Å²) in [5, 5.41) is 5.97. The van der Waals surface area contributed by atoms with Crippen LogP contribution in [0.25, 0.3) is 10.9 Å². The highest BCUT2D eigenvalue weighted by molar-refractivity contribution is 7.70. The lowest BCUT2D eigenvalue weighted by Gasteiger charge is -2.29. The summed E-state index contributed by atoms with van der Waals surface area (Å²) >= 11 is 0. The van der Waals surface area contributed by atoms with E-state index in [1.165, 1.54) is 35.2 Å². The number of hydrogen-bond acceptors (Lipinski definition) is 8. The van der Waals surface area contributed by atoms with E-state index in [1.807, 2.05) is 18.2 Å². The third-order valence-electron chi connectivity index (χ3n) is 10.1. The first kappa shape index (κ1) is 40.8. The Morgan fingerprint density at radius 3 is 2.46 bits per heavy atom. The first-order valence-electron chi connectivity index (χ1n) is 18.4. The first-order valence-corrected chi connectivity index (χ1v) is 20.0. The summed E-state index contributed by atoms with van der Waals surface area (Å²) in [6.07, 6.45) is 2.28. The number of H-pyrrole nitrogens is 1. The monoisotopic (exact) mass is 804 g/mol. The van der Waals surface area contributed by atoms with Gasteiger partial charge in [-0.2, -0.15) is 0 Å². The Hall–Kier alpha value is -5.90. The third-order valence-corrected chi connectivity index (χ3v) is 10.9. The summed E-state index contributed by atoms with van der Waals surface area (Å²) in [6.45, 7) is -0.224. The number of aromatic nitrogens is 1. The number of anilines is 1. The summed E-state index contributed by atoms with van der Waals surface area (Å²) in [5.41, 5.74) is 12.0. The molecule has 6 rings (SSSR count). The zero-order chi connectivity index (χ0) is 41.0. The fourth-order valence-corrected chi connectivity index (χ4v) is 7.72. The van der Waals surface area contributed by atoms with Gasteiger partial charge >= 0.3 is 7.60 Å². The van der Waals surface area contributed by atoms with Crippen molar-refractivity contribution in [3.63, 3.8) is 0 Å². The number of halogens is 1. The Bertz CT molecular complexity index is 2310. The number of hydrogen-bond donors (Lipinski definition) is 7. The molecule has 3 atom stereocenters. The minimum atomic E-state index is -5.04. The maximum absolute atomic E-state index is 15.4. The fraction of sp³-hybridized carbons (Fsp3) is 0.333. The fourth-order valence-electron chi connectivity index (χ4n) is 7.24. The molecular formula is C39H42FN6O10P. The molecule has 0 saturated carbocycles. The largest absolute Gasteiger partial charge is 0.488 e. The van der Waals surface area contributed by atoms with Gasteiger partial charge in [-0.05, 0) is 85.5 Å². The van der Waals surface area contributed by atoms with E-state index in [2.05, 4.69) is 15.6 Å². The number of benzene rings is 3. The number of primary amides is 2. The average Bonchev–Trinajstić information content (AvgIpc) is 3.75. The molecule has 2 aliphatic heterocycles. The standard InChI is InChI=1S/C39H42FN6O10P/c40-34-21(5-1-2-10-32(41)47)6-4-9-31(34)56-20-26(13-16-33(42)48)43-37(50)30-19-23-8-3-7-22-11-15-28(38(51)46(30)35(22)23)45-36(49)29-18-25-17-24(12-14-27(25)44-29)39(52)57(53,54)55/h3-4,6-9,12,14,17-18,26,28,30,44H,1-2,5,10-11,13,15-16,19-20H2,(H2,41,47)(H2,42,48)(H,43,50)(H,45,49)(H2,53,54,55)/t26-,28-,30-/m0/s1. The van der Waals surface area contributed by atoms with Crippen molar-refractivity contribution in [2.24, 2.45) is 11.5 Å². The summed E-state index contributed by atoms with van der Waals surface area (Å²) in [7, 11) is -5.04. The minimum absolute atomic E-state index is 0.0269. The molecule has 4 aromatic rings. The number of carbonyl (C=O) groups is 6. The minimum Gasteiger partial charge on any atom is -0.488 e. The number of carbonyl (C=O) groups excluding carboxylic acids is 6. The highest BCUT2D eigenvalue weighted by Gasteiger charge is 2.44. The van der Waals surface area contributed by atoms with Crippen molar-refractivity contribution in [1.29, 1.82) is 0 Å². The second-order valence-corrected chi connectivity index (χ2v) is 15.7. The molecule has 0 aliphatic carbocycles. The maximum Gasteiger partial charge on any atom is 0.396 e. The van der Waals surface area contributed by atoms with Gasteiger partial charge in [0, 0.05) is 35.7 Å². The van der Waals surface area contributed by atoms with E-state index in [1.54, 1.807) is 12.1 Å². The number of aryl methyl sites for hydroxylation is 2. The summed E-state index contributed by atoms with van der Waals surface area (Å²) in [6, 6.07) is 12.5. The molecule has 16 nitrogen and oxygen atoms in total. The molecule has 0 fully saturated rings. The molecule has 9 N–H and O–H groups in total. The van der Waals surface area contributed by atoms with E-state index in [0.717, 1.165) is 11.1 Å². The Labute approximate surface area is 325 Å². The van der Waals surface area contributed by atoms with E-state index in [4.69, 9.17) is 16.2 Å². The first-order chi connectivity index (χ1) is 27.1. The Kier molecular flexibility index (Phi) is 12.2. The van der Waals surface area contributed by atoms with Crippen molar-refractivity contribution >= 4 is 59.2 Å². The molecule has 3 aromatic carbocycles. The number of fused-ring (bicyclic) bond motifs is 1. The van der Waals surface area contributed by atoms with Crippen LogP contribution in [0.15, 0.2) is 60.7 Å². The van der Waals surface area contributed by atoms with Crippen LogP contribution in [-0.2, 0) is 43.0 Å². The van der Waals surface area contributed by atoms with Crippen molar-refractivity contribution in [3.05, 3.63) is 94.4 Å². The predicted octanol–water partition coefficient (Wildman–Crippen LogP) is 2.65. The van der Waals surface area contributed by atoms with Crippen molar-refractivity contribution in [1.82, 2.24) is 15.6 Å². The van der Waals surface area contributed by atoms with Crippen LogP contribution in [0.2, 0.25) is 0 Å². The van der Waals surface area contributed by atoms with Crippen molar-refractivity contribution in [2.75, 3.05) is 11.5 Å². The number of nitrogens with two attached hydrogens (primary N) is 2. The number of aromatic amines is 1. The van der Waals surface area contributed by atoms with Crippen LogP contribution in [0.3, 0.4) is 0 Å². The molecular weight excluding hydrogens is 762 g/mol. The predicted molar refractivity (Wildman–Crippen MR) is 205 cm³/mol. The highest BCUT2D eigenvalue weighted by atomic mass is 31.2. The lowest BCUT2D eigenvalue weighted by molar-refractivity contribution is -0.127. The summed E-state index contributed by atoms with van der Waals surface area (Å²) < 4.78 is 32.7. The number of nitrogens with zero attached hydrogens (tertiary/aromatic N) is 1. The lowest BCUT2D eigenvalue weighted by Crippen LogP contribution is -2.56. The van der Waals surface area contributed by atoms with Crippen LogP contribution >= 0.6 is 7.60 Å². The van der Waals surface area contributed by atoms with Crippen molar-refractivity contribution < 1.29 is 52.2 Å². The number of rotatable bonds is 17. The second kappa shape index (κ2) is 17.1. The van der Waals surface area contributed by atoms with E-state index in [-0.39, 0.29) is 55.7 Å². The van der Waals surface area contributed by atoms with Crippen LogP contribution in [0.5, 0.6) is 5.75 Å². The lowest BCUT2D eigenvalue weighted by atomic mass is 10.0. The van der Waals surface area contributed by atoms with Gasteiger partial charge in [0.2, 0.25) is 23.6 Å². The zero-order valence-electron chi connectivity index (χ0n) is 30.7. The smallest absolute Gasteiger partial charge is 0.396 e. The van der Waals surface area contributed by atoms with Gasteiger partial charge in [0.25, 0.3) is 11.4 Å². The molecule has 3 heterocycles. The number of nitrogens with one attached hydrogen (secondary N) is 3. The number of unbranched alkanes of at least 4 members (excludes halogenated alkanes) is 1. The van der Waals surface area contributed by atoms with Crippen molar-refractivity contribution in [3.8, 4) is 5.75 Å². The maximum atomic E-state index is 15.4. The molecule has 0 unspecified atom stereocenters. The number of amides is 5. The van der Waals surface area contributed by atoms with Gasteiger partial charge in [-0.1, -0.05) is 30.3 Å². The molecule has 2 aliphatic rings. The topological polar surface area (TPSA) is 264 Å². The summed E-state index contributed by atoms with van der Waals surface area (Å²) in [4.78, 5) is 99.8. The zero-order valence-corrected chi connectivity index (χ0v) is 31.6. The van der Waals surface area contributed by atoms with Crippen LogP contribution in [0.4, 0.5) is 10.1 Å². The van der Waals surface area contributed by atoms with Gasteiger partial charge in [0.1, 0.15) is 24.4 Å². The molecule has 18 heteroatoms. The van der Waals surface area contributed by atoms with E-state index >= 15 is 4.39 Å². The van der Waals surface area contributed by atoms with E-state index < -0.39 is 66.6 Å². The van der Waals surface area contributed by atoms with E-state index in [9.17, 15) is 43.1 Å². The van der Waals surface area contributed by atoms with Crippen LogP contribution < -0.4 is 31.7 Å². The quantitative estimate of drug-likeness (QED) is 0.0606. The molecule has 0 spiro atoms. The van der Waals surface area contributed by atoms with Gasteiger partial charge in [0.15, 0.2) is 11.6 Å². The highest BCUT2D eigenvalue weighted by Crippen LogP contribution is 2.40. The molecule has 57 heavy (non-hydrogen) atoms. The van der Waals surface area contributed by atoms with Gasteiger partial charge < -0.3 is 41.6 Å². The van der Waals surface area contributed by atoms with Gasteiger partial charge in [-0.25, -0.2) is 4.39 Å². The molecule has 5 amide bonds. The Morgan fingerprint density at radius 1 is 0.982 bits per heavy atom. The van der Waals surface area contributed by atoms with Crippen LogP contribution in [-0.4, -0.2) is 74.6 Å². The second-order valence-electron chi connectivity index (χ2n) is 14.2. The molecule has 0 radical (unpaired) electrons. The normalized spacial score (nSPS) is 16.8. The number of para-hydroxylation sites is 1. The van der Waals surface area contributed by atoms with E-state index in [0.29, 0.717) is 47.8 Å². The molecule has 0 saturated heterocycles. The summed E-state index contributed by atoms with van der Waals surface area (Å²) in [5.74, 6) is -3.47. The van der Waals surface area contributed by atoms with Crippen LogP contribution in [0.1, 0.15) is 76.1 Å². The third kappa shape index (κ3) is 9.39. The van der Waals surface area contributed by atoms with Crippen LogP contribution in [0, 0.1) is 5.82 Å². The molecule has 300 valence electrons. The molecule has 1 aromatic heterocycles. The van der Waals surface area contributed by atoms with Gasteiger partial charge in [-0.15, -0.1) is 0 Å². The van der Waals surface area contributed by atoms with Gasteiger partial charge in [-0.3, -0.25) is 38.2 Å².